The number of nitrogens with one attached hydrogen (secondary N) is 2. The van der Waals surface area contributed by atoms with Crippen molar-refractivity contribution in [2.75, 3.05) is 31.6 Å². The largest absolute Gasteiger partial charge is 0.491 e. The Hall–Kier alpha value is -2.24. The van der Waals surface area contributed by atoms with Crippen LogP contribution in [0.3, 0.4) is 0 Å². The lowest BCUT2D eigenvalue weighted by atomic mass is 10.2. The number of ether oxygens (including phenoxy) is 1. The van der Waals surface area contributed by atoms with E-state index < -0.39 is 6.03 Å². The lowest BCUT2D eigenvalue weighted by Gasteiger charge is -2.16. The summed E-state index contributed by atoms with van der Waals surface area (Å²) < 4.78 is 5.66. The predicted molar refractivity (Wildman–Crippen MR) is 89.8 cm³/mol. The van der Waals surface area contributed by atoms with E-state index in [1.54, 1.807) is 4.90 Å². The maximum absolute atomic E-state index is 12.0. The first kappa shape index (κ1) is 17.1. The molecule has 1 aromatic rings. The summed E-state index contributed by atoms with van der Waals surface area (Å²) in [7, 11) is 0. The van der Waals surface area contributed by atoms with Crippen molar-refractivity contribution in [2.45, 2.75) is 33.1 Å². The van der Waals surface area contributed by atoms with Gasteiger partial charge in [0.15, 0.2) is 0 Å². The fourth-order valence-electron chi connectivity index (χ4n) is 2.46. The van der Waals surface area contributed by atoms with Crippen molar-refractivity contribution in [2.24, 2.45) is 0 Å². The third-order valence-electron chi connectivity index (χ3n) is 3.71. The highest BCUT2D eigenvalue weighted by Gasteiger charge is 2.18. The molecule has 0 saturated carbocycles. The van der Waals surface area contributed by atoms with Crippen molar-refractivity contribution in [1.29, 1.82) is 0 Å². The molecule has 2 rings (SSSR count). The monoisotopic (exact) mass is 319 g/mol. The molecule has 0 aliphatic carbocycles. The van der Waals surface area contributed by atoms with E-state index in [0.29, 0.717) is 18.0 Å². The Morgan fingerprint density at radius 2 is 2.00 bits per heavy atom. The second-order valence-electron chi connectivity index (χ2n) is 5.74. The van der Waals surface area contributed by atoms with E-state index in [4.69, 9.17) is 4.74 Å². The molecule has 1 fully saturated rings. The molecule has 0 radical (unpaired) electrons. The SMILES string of the molecule is CCCOc1cc(C)ccc1NC(=O)NCC(=O)N1CCCC1. The fourth-order valence-corrected chi connectivity index (χ4v) is 2.46. The third-order valence-corrected chi connectivity index (χ3v) is 3.71. The number of aryl methyl sites for hydroxylation is 1. The van der Waals surface area contributed by atoms with Gasteiger partial charge in [0.2, 0.25) is 5.91 Å². The van der Waals surface area contributed by atoms with Crippen LogP contribution in [0, 0.1) is 6.92 Å². The molecule has 126 valence electrons. The van der Waals surface area contributed by atoms with E-state index in [1.807, 2.05) is 32.0 Å². The van der Waals surface area contributed by atoms with Crippen LogP contribution in [-0.4, -0.2) is 43.1 Å². The Labute approximate surface area is 137 Å². The molecule has 1 aliphatic rings. The van der Waals surface area contributed by atoms with Gasteiger partial charge in [-0.05, 0) is 43.9 Å². The topological polar surface area (TPSA) is 70.7 Å². The number of urea groups is 1. The van der Waals surface area contributed by atoms with E-state index in [1.165, 1.54) is 0 Å². The van der Waals surface area contributed by atoms with Crippen LogP contribution < -0.4 is 15.4 Å². The number of amides is 3. The maximum Gasteiger partial charge on any atom is 0.319 e. The average Bonchev–Trinajstić information content (AvgIpc) is 3.07. The van der Waals surface area contributed by atoms with Gasteiger partial charge in [-0.25, -0.2) is 4.79 Å². The van der Waals surface area contributed by atoms with Gasteiger partial charge >= 0.3 is 6.03 Å². The van der Waals surface area contributed by atoms with Crippen molar-refractivity contribution in [1.82, 2.24) is 10.2 Å². The van der Waals surface area contributed by atoms with Crippen LogP contribution in [0.15, 0.2) is 18.2 Å². The molecule has 0 bridgehead atoms. The van der Waals surface area contributed by atoms with E-state index in [0.717, 1.165) is 37.9 Å². The summed E-state index contributed by atoms with van der Waals surface area (Å²) in [6, 6.07) is 5.20. The second-order valence-corrected chi connectivity index (χ2v) is 5.74. The number of nitrogens with zero attached hydrogens (tertiary/aromatic N) is 1. The number of hydrogen-bond acceptors (Lipinski definition) is 3. The number of carbonyl (C=O) groups excluding carboxylic acids is 2. The van der Waals surface area contributed by atoms with E-state index in [-0.39, 0.29) is 12.5 Å². The van der Waals surface area contributed by atoms with Crippen molar-refractivity contribution < 1.29 is 14.3 Å². The Morgan fingerprint density at radius 3 is 2.70 bits per heavy atom. The first-order chi connectivity index (χ1) is 11.1. The molecule has 6 heteroatoms. The van der Waals surface area contributed by atoms with E-state index in [9.17, 15) is 9.59 Å². The van der Waals surface area contributed by atoms with Crippen LogP contribution in [0.25, 0.3) is 0 Å². The van der Waals surface area contributed by atoms with Crippen molar-refractivity contribution in [3.63, 3.8) is 0 Å². The smallest absolute Gasteiger partial charge is 0.319 e. The molecule has 3 amide bonds. The quantitative estimate of drug-likeness (QED) is 0.846. The molecule has 6 nitrogen and oxygen atoms in total. The van der Waals surface area contributed by atoms with Gasteiger partial charge in [-0.1, -0.05) is 13.0 Å². The minimum atomic E-state index is -0.400. The van der Waals surface area contributed by atoms with E-state index in [2.05, 4.69) is 10.6 Å². The van der Waals surface area contributed by atoms with Crippen molar-refractivity contribution in [3.8, 4) is 5.75 Å². The molecule has 1 aromatic carbocycles. The highest BCUT2D eigenvalue weighted by molar-refractivity contribution is 5.93. The summed E-state index contributed by atoms with van der Waals surface area (Å²) in [6.07, 6.45) is 2.97. The van der Waals surface area contributed by atoms with Crippen molar-refractivity contribution >= 4 is 17.6 Å². The van der Waals surface area contributed by atoms with Gasteiger partial charge in [0, 0.05) is 13.1 Å². The van der Waals surface area contributed by atoms with Gasteiger partial charge in [0.1, 0.15) is 5.75 Å². The summed E-state index contributed by atoms with van der Waals surface area (Å²) in [4.78, 5) is 25.7. The Kier molecular flexibility index (Phi) is 6.26. The summed E-state index contributed by atoms with van der Waals surface area (Å²) in [5, 5.41) is 5.36. The number of hydrogen-bond donors (Lipinski definition) is 2. The molecular formula is C17H25N3O3. The van der Waals surface area contributed by atoms with Crippen molar-refractivity contribution in [3.05, 3.63) is 23.8 Å². The number of benzene rings is 1. The molecular weight excluding hydrogens is 294 g/mol. The lowest BCUT2D eigenvalue weighted by molar-refractivity contribution is -0.128. The standard InChI is InChI=1S/C17H25N3O3/c1-3-10-23-15-11-13(2)6-7-14(15)19-17(22)18-12-16(21)20-8-4-5-9-20/h6-7,11H,3-5,8-10,12H2,1-2H3,(H2,18,19,22). The number of carbonyl (C=O) groups is 2. The van der Waals surface area contributed by atoms with Gasteiger partial charge < -0.3 is 20.3 Å². The molecule has 0 atom stereocenters. The molecule has 2 N–H and O–H groups in total. The Balaban J connectivity index is 1.87. The predicted octanol–water partition coefficient (Wildman–Crippen LogP) is 2.53. The molecule has 0 unspecified atom stereocenters. The zero-order valence-electron chi connectivity index (χ0n) is 13.9. The zero-order valence-corrected chi connectivity index (χ0v) is 13.9. The summed E-state index contributed by atoms with van der Waals surface area (Å²) in [6.45, 7) is 6.18. The Bertz CT molecular complexity index is 554. The van der Waals surface area contributed by atoms with Crippen LogP contribution in [0.1, 0.15) is 31.7 Å². The fraction of sp³-hybridized carbons (Fsp3) is 0.529. The first-order valence-electron chi connectivity index (χ1n) is 8.16. The third kappa shape index (κ3) is 5.16. The highest BCUT2D eigenvalue weighted by atomic mass is 16.5. The minimum absolute atomic E-state index is 0.0167. The molecule has 1 saturated heterocycles. The van der Waals surface area contributed by atoms with Gasteiger partial charge in [0.25, 0.3) is 0 Å². The zero-order chi connectivity index (χ0) is 16.7. The lowest BCUT2D eigenvalue weighted by Crippen LogP contribution is -2.40. The molecule has 0 aromatic heterocycles. The normalized spacial score (nSPS) is 13.7. The maximum atomic E-state index is 12.0. The van der Waals surface area contributed by atoms with Gasteiger partial charge in [-0.3, -0.25) is 4.79 Å². The molecule has 0 spiro atoms. The number of anilines is 1. The molecule has 1 heterocycles. The second kappa shape index (κ2) is 8.41. The first-order valence-corrected chi connectivity index (χ1v) is 8.16. The summed E-state index contributed by atoms with van der Waals surface area (Å²) in [5.41, 5.74) is 1.67. The van der Waals surface area contributed by atoms with Crippen LogP contribution >= 0.6 is 0 Å². The Morgan fingerprint density at radius 1 is 1.26 bits per heavy atom. The van der Waals surface area contributed by atoms with E-state index >= 15 is 0 Å². The highest BCUT2D eigenvalue weighted by Crippen LogP contribution is 2.25. The van der Waals surface area contributed by atoms with Crippen LogP contribution in [0.5, 0.6) is 5.75 Å². The van der Waals surface area contributed by atoms with Gasteiger partial charge in [-0.15, -0.1) is 0 Å². The molecule has 23 heavy (non-hydrogen) atoms. The van der Waals surface area contributed by atoms with Crippen LogP contribution in [0.4, 0.5) is 10.5 Å². The summed E-state index contributed by atoms with van der Waals surface area (Å²) >= 11 is 0. The minimum Gasteiger partial charge on any atom is -0.491 e. The van der Waals surface area contributed by atoms with Crippen LogP contribution in [-0.2, 0) is 4.79 Å². The van der Waals surface area contributed by atoms with Gasteiger partial charge in [0.05, 0.1) is 18.8 Å². The average molecular weight is 319 g/mol. The number of rotatable bonds is 6. The van der Waals surface area contributed by atoms with Gasteiger partial charge in [-0.2, -0.15) is 0 Å². The van der Waals surface area contributed by atoms with Crippen LogP contribution in [0.2, 0.25) is 0 Å². The summed E-state index contributed by atoms with van der Waals surface area (Å²) in [5.74, 6) is 0.608. The molecule has 1 aliphatic heterocycles. The number of likely N-dealkylation sites (tertiary alicyclic amines) is 1.